The fraction of sp³-hybridized carbons (Fsp3) is 0.579. The number of aliphatic hydroxyl groups is 1. The molecule has 2 atom stereocenters. The molecule has 0 bridgehead atoms. The average Bonchev–Trinajstić information content (AvgIpc) is 2.63. The van der Waals surface area contributed by atoms with Gasteiger partial charge in [0.1, 0.15) is 5.82 Å². The summed E-state index contributed by atoms with van der Waals surface area (Å²) >= 11 is 0. The van der Waals surface area contributed by atoms with Crippen LogP contribution in [0.1, 0.15) is 42.5 Å². The fourth-order valence-corrected chi connectivity index (χ4v) is 4.03. The van der Waals surface area contributed by atoms with Gasteiger partial charge in [-0.25, -0.2) is 4.39 Å². The van der Waals surface area contributed by atoms with Crippen molar-refractivity contribution >= 4 is 11.8 Å². The second-order valence-corrected chi connectivity index (χ2v) is 6.90. The van der Waals surface area contributed by atoms with Gasteiger partial charge in [0, 0.05) is 38.7 Å². The molecule has 2 unspecified atom stereocenters. The van der Waals surface area contributed by atoms with E-state index in [4.69, 9.17) is 5.11 Å². The van der Waals surface area contributed by atoms with E-state index in [-0.39, 0.29) is 35.9 Å². The van der Waals surface area contributed by atoms with Gasteiger partial charge in [0.05, 0.1) is 5.56 Å². The molecule has 0 radical (unpaired) electrons. The van der Waals surface area contributed by atoms with E-state index in [9.17, 15) is 14.0 Å². The Morgan fingerprint density at radius 1 is 1.24 bits per heavy atom. The van der Waals surface area contributed by atoms with Gasteiger partial charge in [0.25, 0.3) is 5.91 Å². The quantitative estimate of drug-likeness (QED) is 0.829. The number of carbonyl (C=O) groups excluding carboxylic acids is 2. The number of amides is 2. The normalized spacial score (nSPS) is 23.5. The summed E-state index contributed by atoms with van der Waals surface area (Å²) in [6.45, 7) is 1.92. The van der Waals surface area contributed by atoms with Gasteiger partial charge >= 0.3 is 0 Å². The van der Waals surface area contributed by atoms with E-state index < -0.39 is 5.82 Å². The first kappa shape index (κ1) is 17.9. The number of halogens is 1. The molecule has 5 nitrogen and oxygen atoms in total. The first-order valence-electron chi connectivity index (χ1n) is 9.06. The molecule has 2 heterocycles. The van der Waals surface area contributed by atoms with Gasteiger partial charge in [-0.05, 0) is 43.7 Å². The predicted molar refractivity (Wildman–Crippen MR) is 91.5 cm³/mol. The smallest absolute Gasteiger partial charge is 0.256 e. The molecule has 1 aromatic carbocycles. The van der Waals surface area contributed by atoms with E-state index in [1.54, 1.807) is 17.0 Å². The Morgan fingerprint density at radius 3 is 2.80 bits per heavy atom. The van der Waals surface area contributed by atoms with Gasteiger partial charge in [0.15, 0.2) is 0 Å². The number of nitrogens with zero attached hydrogens (tertiary/aromatic N) is 2. The summed E-state index contributed by atoms with van der Waals surface area (Å²) in [5.74, 6) is -0.330. The van der Waals surface area contributed by atoms with Crippen molar-refractivity contribution in [1.29, 1.82) is 0 Å². The summed E-state index contributed by atoms with van der Waals surface area (Å²) in [6, 6.07) is 6.24. The zero-order chi connectivity index (χ0) is 17.8. The topological polar surface area (TPSA) is 60.9 Å². The van der Waals surface area contributed by atoms with Gasteiger partial charge in [-0.15, -0.1) is 0 Å². The van der Waals surface area contributed by atoms with Gasteiger partial charge in [0.2, 0.25) is 5.91 Å². The van der Waals surface area contributed by atoms with E-state index in [0.29, 0.717) is 32.5 Å². The number of hydrogen-bond acceptors (Lipinski definition) is 3. The summed E-state index contributed by atoms with van der Waals surface area (Å²) in [7, 11) is 0. The molecule has 2 amide bonds. The van der Waals surface area contributed by atoms with Crippen molar-refractivity contribution in [3.63, 3.8) is 0 Å². The van der Waals surface area contributed by atoms with Crippen LogP contribution in [0.4, 0.5) is 4.39 Å². The number of hydrogen-bond donors (Lipinski definition) is 1. The molecule has 0 saturated carbocycles. The second kappa shape index (κ2) is 7.95. The fourth-order valence-electron chi connectivity index (χ4n) is 4.03. The number of rotatable bonds is 5. The Bertz CT molecular complexity index is 637. The zero-order valence-electron chi connectivity index (χ0n) is 14.4. The lowest BCUT2D eigenvalue weighted by molar-refractivity contribution is -0.140. The molecule has 3 rings (SSSR count). The van der Waals surface area contributed by atoms with Crippen LogP contribution in [0.25, 0.3) is 0 Å². The summed E-state index contributed by atoms with van der Waals surface area (Å²) in [6.07, 6.45) is 3.50. The Balaban J connectivity index is 1.66. The molecule has 1 aromatic rings. The Kier molecular flexibility index (Phi) is 5.68. The molecule has 0 aliphatic carbocycles. The predicted octanol–water partition coefficient (Wildman–Crippen LogP) is 2.05. The maximum atomic E-state index is 13.9. The Hall–Kier alpha value is -1.95. The van der Waals surface area contributed by atoms with Crippen LogP contribution in [0, 0.1) is 11.7 Å². The number of unbranched alkanes of at least 4 members (excludes halogenated alkanes) is 1. The van der Waals surface area contributed by atoms with Crippen molar-refractivity contribution in [2.75, 3.05) is 26.2 Å². The summed E-state index contributed by atoms with van der Waals surface area (Å²) < 4.78 is 13.9. The van der Waals surface area contributed by atoms with Gasteiger partial charge in [-0.2, -0.15) is 0 Å². The van der Waals surface area contributed by atoms with Gasteiger partial charge in [-0.1, -0.05) is 12.1 Å². The minimum Gasteiger partial charge on any atom is -0.396 e. The highest BCUT2D eigenvalue weighted by atomic mass is 19.1. The van der Waals surface area contributed by atoms with Crippen molar-refractivity contribution < 1.29 is 19.1 Å². The monoisotopic (exact) mass is 348 g/mol. The molecule has 1 N–H and O–H groups in total. The molecule has 25 heavy (non-hydrogen) atoms. The lowest BCUT2D eigenvalue weighted by atomic mass is 9.83. The second-order valence-electron chi connectivity index (χ2n) is 6.90. The number of piperidine rings is 2. The summed E-state index contributed by atoms with van der Waals surface area (Å²) in [4.78, 5) is 28.6. The van der Waals surface area contributed by atoms with E-state index in [2.05, 4.69) is 0 Å². The standard InChI is InChI=1S/C19H25FN2O3/c20-16-6-2-1-5-15(16)19(25)21-11-9-17-14(13-21)7-8-18(24)22(17)10-3-4-12-23/h1-2,5-6,14,17,23H,3-4,7-13H2. The van der Waals surface area contributed by atoms with Gasteiger partial charge < -0.3 is 14.9 Å². The van der Waals surface area contributed by atoms with Gasteiger partial charge in [-0.3, -0.25) is 9.59 Å². The van der Waals surface area contributed by atoms with Crippen LogP contribution in [-0.2, 0) is 4.79 Å². The molecule has 136 valence electrons. The van der Waals surface area contributed by atoms with Crippen molar-refractivity contribution in [2.45, 2.75) is 38.1 Å². The highest BCUT2D eigenvalue weighted by Crippen LogP contribution is 2.32. The van der Waals surface area contributed by atoms with Crippen LogP contribution < -0.4 is 0 Å². The van der Waals surface area contributed by atoms with E-state index >= 15 is 0 Å². The number of aliphatic hydroxyl groups excluding tert-OH is 1. The van der Waals surface area contributed by atoms with Crippen LogP contribution in [-0.4, -0.2) is 59.0 Å². The zero-order valence-corrected chi connectivity index (χ0v) is 14.4. The Labute approximate surface area is 147 Å². The lowest BCUT2D eigenvalue weighted by Gasteiger charge is -2.47. The van der Waals surface area contributed by atoms with Crippen molar-refractivity contribution in [2.24, 2.45) is 5.92 Å². The maximum Gasteiger partial charge on any atom is 0.256 e. The number of carbonyl (C=O) groups is 2. The lowest BCUT2D eigenvalue weighted by Crippen LogP contribution is -2.57. The third kappa shape index (κ3) is 3.84. The number of fused-ring (bicyclic) bond motifs is 1. The third-order valence-corrected chi connectivity index (χ3v) is 5.34. The van der Waals surface area contributed by atoms with Crippen LogP contribution in [0.5, 0.6) is 0 Å². The van der Waals surface area contributed by atoms with Crippen molar-refractivity contribution in [3.8, 4) is 0 Å². The molecule has 0 aromatic heterocycles. The van der Waals surface area contributed by atoms with Crippen LogP contribution in [0.3, 0.4) is 0 Å². The molecule has 2 aliphatic rings. The third-order valence-electron chi connectivity index (χ3n) is 5.34. The minimum atomic E-state index is -0.487. The summed E-state index contributed by atoms with van der Waals surface area (Å²) in [5.41, 5.74) is 0.118. The first-order valence-corrected chi connectivity index (χ1v) is 9.06. The SMILES string of the molecule is O=C(c1ccccc1F)N1CCC2C(CCC(=O)N2CCCCO)C1. The highest BCUT2D eigenvalue weighted by molar-refractivity contribution is 5.94. The van der Waals surface area contributed by atoms with E-state index in [1.165, 1.54) is 12.1 Å². The largest absolute Gasteiger partial charge is 0.396 e. The molecule has 2 aliphatic heterocycles. The maximum absolute atomic E-state index is 13.9. The van der Waals surface area contributed by atoms with Crippen LogP contribution >= 0.6 is 0 Å². The molecular formula is C19H25FN2O3. The molecule has 0 spiro atoms. The highest BCUT2D eigenvalue weighted by Gasteiger charge is 2.40. The van der Waals surface area contributed by atoms with E-state index in [1.807, 2.05) is 4.90 Å². The first-order chi connectivity index (χ1) is 12.1. The van der Waals surface area contributed by atoms with Crippen molar-refractivity contribution in [3.05, 3.63) is 35.6 Å². The Morgan fingerprint density at radius 2 is 2.04 bits per heavy atom. The molecule has 2 saturated heterocycles. The van der Waals surface area contributed by atoms with Crippen molar-refractivity contribution in [1.82, 2.24) is 9.80 Å². The minimum absolute atomic E-state index is 0.118. The summed E-state index contributed by atoms with van der Waals surface area (Å²) in [5, 5.41) is 8.94. The number of likely N-dealkylation sites (tertiary alicyclic amines) is 2. The van der Waals surface area contributed by atoms with E-state index in [0.717, 1.165) is 19.3 Å². The van der Waals surface area contributed by atoms with Crippen LogP contribution in [0.2, 0.25) is 0 Å². The molecule has 2 fully saturated rings. The number of benzene rings is 1. The van der Waals surface area contributed by atoms with Crippen LogP contribution in [0.15, 0.2) is 24.3 Å². The molecular weight excluding hydrogens is 323 g/mol. The average molecular weight is 348 g/mol. The molecule has 6 heteroatoms.